The zero-order valence-electron chi connectivity index (χ0n) is 16.9. The Morgan fingerprint density at radius 3 is 2.15 bits per heavy atom. The van der Waals surface area contributed by atoms with Gasteiger partial charge in [0.05, 0.1) is 0 Å². The molecule has 0 unspecified atom stereocenters. The van der Waals surface area contributed by atoms with Crippen molar-refractivity contribution in [3.05, 3.63) is 84.3 Å². The molecule has 3 rings (SSSR count). The summed E-state index contributed by atoms with van der Waals surface area (Å²) >= 11 is 4.80. The van der Waals surface area contributed by atoms with E-state index >= 15 is 0 Å². The second-order valence-electron chi connectivity index (χ2n) is 6.74. The van der Waals surface area contributed by atoms with E-state index in [4.69, 9.17) is 19.8 Å². The van der Waals surface area contributed by atoms with Crippen LogP contribution in [0, 0.1) is 0 Å². The Hall–Kier alpha value is -3.13. The fourth-order valence-electron chi connectivity index (χ4n) is 3.25. The van der Waals surface area contributed by atoms with E-state index in [-0.39, 0.29) is 23.0 Å². The molecule has 0 bridgehead atoms. The molecular weight excluding hydrogens is 493 g/mol. The van der Waals surface area contributed by atoms with Crippen molar-refractivity contribution in [3.63, 3.8) is 0 Å². The van der Waals surface area contributed by atoms with Gasteiger partial charge in [-0.2, -0.15) is 0 Å². The Morgan fingerprint density at radius 2 is 1.64 bits per heavy atom. The van der Waals surface area contributed by atoms with Crippen LogP contribution in [0.4, 0.5) is 26.3 Å². The first kappa shape index (κ1) is 24.5. The Morgan fingerprint density at radius 1 is 1.03 bits per heavy atom. The van der Waals surface area contributed by atoms with Gasteiger partial charge in [-0.3, -0.25) is 0 Å². The van der Waals surface area contributed by atoms with Gasteiger partial charge < -0.3 is 0 Å². The van der Waals surface area contributed by atoms with E-state index in [1.54, 1.807) is 24.3 Å². The number of halogens is 6. The maximum atomic E-state index is 13.3. The van der Waals surface area contributed by atoms with Crippen LogP contribution in [0.25, 0.3) is 22.5 Å². The van der Waals surface area contributed by atoms with Gasteiger partial charge in [-0.15, -0.1) is 0 Å². The molecule has 0 saturated heterocycles. The normalized spacial score (nSPS) is 12.9. The van der Waals surface area contributed by atoms with E-state index in [0.717, 1.165) is 0 Å². The number of alkyl halides is 6. The SMILES string of the molecule is C=C/C(=C(\[CH]=[Ni])n1cncc1-c1cc(C(F)(F)F)cc(C(F)(F)F)c1)c1ccccc1OC. The van der Waals surface area contributed by atoms with Crippen molar-refractivity contribution in [3.8, 4) is 17.0 Å². The molecule has 0 N–H and O–H groups in total. The number of allylic oxidation sites excluding steroid dienone is 3. The zero-order chi connectivity index (χ0) is 24.4. The van der Waals surface area contributed by atoms with Gasteiger partial charge in [0.15, 0.2) is 0 Å². The number of hydrogen-bond acceptors (Lipinski definition) is 2. The topological polar surface area (TPSA) is 27.1 Å². The van der Waals surface area contributed by atoms with E-state index in [0.29, 0.717) is 29.0 Å². The molecular formula is C23H16F6N2NiO. The Balaban J connectivity index is 2.30. The summed E-state index contributed by atoms with van der Waals surface area (Å²) in [6.45, 7) is 3.78. The third kappa shape index (κ3) is 5.11. The van der Waals surface area contributed by atoms with Gasteiger partial charge in [0, 0.05) is 0 Å². The van der Waals surface area contributed by atoms with Crippen LogP contribution in [0.1, 0.15) is 16.7 Å². The number of hydrogen-bond donors (Lipinski definition) is 0. The van der Waals surface area contributed by atoms with E-state index in [9.17, 15) is 26.3 Å². The molecule has 10 heteroatoms. The second kappa shape index (κ2) is 9.39. The predicted octanol–water partition coefficient (Wildman–Crippen LogP) is 6.50. The molecule has 0 amide bonds. The summed E-state index contributed by atoms with van der Waals surface area (Å²) in [6.07, 6.45) is -6.06. The summed E-state index contributed by atoms with van der Waals surface area (Å²) in [5.74, 6) is 0.479. The van der Waals surface area contributed by atoms with Crippen LogP contribution in [0.2, 0.25) is 0 Å². The molecule has 0 aliphatic rings. The summed E-state index contributed by atoms with van der Waals surface area (Å²) in [7, 11) is 1.46. The average molecular weight is 509 g/mol. The first-order valence-electron chi connectivity index (χ1n) is 9.23. The predicted molar refractivity (Wildman–Crippen MR) is 110 cm³/mol. The molecule has 176 valence electrons. The van der Waals surface area contributed by atoms with Gasteiger partial charge in [0.2, 0.25) is 0 Å². The molecule has 0 atom stereocenters. The van der Waals surface area contributed by atoms with Crippen LogP contribution >= 0.6 is 0 Å². The zero-order valence-corrected chi connectivity index (χ0v) is 17.9. The molecule has 0 spiro atoms. The van der Waals surface area contributed by atoms with Gasteiger partial charge >= 0.3 is 193 Å². The summed E-state index contributed by atoms with van der Waals surface area (Å²) in [6, 6.07) is 8.26. The van der Waals surface area contributed by atoms with E-state index in [1.807, 2.05) is 0 Å². The van der Waals surface area contributed by atoms with Crippen LogP contribution in [0.15, 0.2) is 67.6 Å². The fourth-order valence-corrected chi connectivity index (χ4v) is 3.54. The number of nitrogens with zero attached hydrogens (tertiary/aromatic N) is 2. The number of aromatic nitrogens is 2. The van der Waals surface area contributed by atoms with Gasteiger partial charge in [-0.1, -0.05) is 0 Å². The van der Waals surface area contributed by atoms with Crippen LogP contribution in [-0.4, -0.2) is 21.7 Å². The molecule has 0 radical (unpaired) electrons. The first-order valence-corrected chi connectivity index (χ1v) is 9.80. The fraction of sp³-hybridized carbons (Fsp3) is 0.130. The standard InChI is InChI=1S/C23H16F6N2O.Ni/c1-4-18(19-7-5-6-8-21(19)32-3)14(2)31-13-30-12-20(31)15-9-16(22(24,25)26)11-17(10-15)23(27,28)29;/h2,4-13H,1H2,3H3;/b18-14-;. The Kier molecular flexibility index (Phi) is 6.98. The van der Waals surface area contributed by atoms with E-state index in [2.05, 4.69) is 11.6 Å². The number of imidazole rings is 1. The van der Waals surface area contributed by atoms with Crippen LogP contribution in [-0.2, 0) is 27.4 Å². The molecule has 3 nitrogen and oxygen atoms in total. The van der Waals surface area contributed by atoms with Gasteiger partial charge in [0.1, 0.15) is 0 Å². The van der Waals surface area contributed by atoms with Crippen molar-refractivity contribution in [2.24, 2.45) is 0 Å². The van der Waals surface area contributed by atoms with Crippen molar-refractivity contribution in [2.45, 2.75) is 12.4 Å². The van der Waals surface area contributed by atoms with Crippen molar-refractivity contribution >= 4 is 16.3 Å². The summed E-state index contributed by atoms with van der Waals surface area (Å²) in [5, 5.41) is 0. The van der Waals surface area contributed by atoms with Gasteiger partial charge in [-0.05, 0) is 0 Å². The van der Waals surface area contributed by atoms with Crippen molar-refractivity contribution in [1.29, 1.82) is 0 Å². The van der Waals surface area contributed by atoms with Gasteiger partial charge in [-0.25, -0.2) is 0 Å². The maximum absolute atomic E-state index is 13.3. The number of benzene rings is 2. The summed E-state index contributed by atoms with van der Waals surface area (Å²) in [4.78, 5) is 5.23. The molecule has 2 aromatic carbocycles. The number of rotatable bonds is 6. The van der Waals surface area contributed by atoms with Crippen molar-refractivity contribution in [2.75, 3.05) is 7.11 Å². The molecule has 0 fully saturated rings. The second-order valence-corrected chi connectivity index (χ2v) is 7.02. The third-order valence-corrected chi connectivity index (χ3v) is 5.02. The minimum atomic E-state index is -4.98. The minimum absolute atomic E-state index is 0.0100. The average Bonchev–Trinajstić information content (AvgIpc) is 3.25. The Bertz CT molecular complexity index is 1190. The van der Waals surface area contributed by atoms with E-state index < -0.39 is 23.5 Å². The molecule has 33 heavy (non-hydrogen) atoms. The van der Waals surface area contributed by atoms with Gasteiger partial charge in [0.25, 0.3) is 0 Å². The quantitative estimate of drug-likeness (QED) is 0.216. The number of methoxy groups -OCH3 is 1. The van der Waals surface area contributed by atoms with Crippen LogP contribution in [0.5, 0.6) is 5.75 Å². The molecule has 3 aromatic rings. The van der Waals surface area contributed by atoms with E-state index in [1.165, 1.54) is 35.3 Å². The molecule has 1 heterocycles. The molecule has 0 aliphatic carbocycles. The summed E-state index contributed by atoms with van der Waals surface area (Å²) in [5.41, 5.74) is -1.86. The first-order chi connectivity index (χ1) is 15.5. The monoisotopic (exact) mass is 508 g/mol. The Labute approximate surface area is 192 Å². The van der Waals surface area contributed by atoms with Crippen molar-refractivity contribution in [1.82, 2.24) is 9.55 Å². The molecule has 1 aromatic heterocycles. The summed E-state index contributed by atoms with van der Waals surface area (Å²) < 4.78 is 86.7. The number of ether oxygens (including phenoxy) is 1. The third-order valence-electron chi connectivity index (χ3n) is 4.75. The molecule has 0 aliphatic heterocycles. The number of para-hydroxylation sites is 1. The van der Waals surface area contributed by atoms with Crippen molar-refractivity contribution < 1.29 is 46.1 Å². The van der Waals surface area contributed by atoms with Crippen LogP contribution < -0.4 is 4.74 Å². The van der Waals surface area contributed by atoms with Crippen LogP contribution in [0.3, 0.4) is 0 Å². The molecule has 0 saturated carbocycles.